The number of ether oxygens (including phenoxy) is 3. The standard InChI is InChI=1S/C9H21NO3/c1-3-12-6-4-10-5-7-13-9-8-11-2/h10H,3-9H2,1-2H3. The molecule has 0 rings (SSSR count). The summed E-state index contributed by atoms with van der Waals surface area (Å²) in [6.07, 6.45) is 0. The normalized spacial score (nSPS) is 10.6. The zero-order chi connectivity index (χ0) is 9.78. The van der Waals surface area contributed by atoms with Crippen LogP contribution < -0.4 is 5.32 Å². The Morgan fingerprint density at radius 1 is 0.923 bits per heavy atom. The first-order valence-electron chi connectivity index (χ1n) is 4.77. The van der Waals surface area contributed by atoms with Gasteiger partial charge in [-0.2, -0.15) is 0 Å². The van der Waals surface area contributed by atoms with Crippen molar-refractivity contribution < 1.29 is 14.2 Å². The predicted molar refractivity (Wildman–Crippen MR) is 52.1 cm³/mol. The molecule has 80 valence electrons. The monoisotopic (exact) mass is 191 g/mol. The van der Waals surface area contributed by atoms with Crippen LogP contribution in [0.3, 0.4) is 0 Å². The SMILES string of the molecule is CCOCCNCCOCCOC. The van der Waals surface area contributed by atoms with Gasteiger partial charge in [0.1, 0.15) is 0 Å². The summed E-state index contributed by atoms with van der Waals surface area (Å²) in [5.41, 5.74) is 0. The van der Waals surface area contributed by atoms with Crippen molar-refractivity contribution in [1.82, 2.24) is 5.32 Å². The molecule has 0 bridgehead atoms. The van der Waals surface area contributed by atoms with Gasteiger partial charge in [0, 0.05) is 26.8 Å². The maximum Gasteiger partial charge on any atom is 0.0700 e. The maximum atomic E-state index is 5.25. The van der Waals surface area contributed by atoms with Crippen molar-refractivity contribution in [3.63, 3.8) is 0 Å². The Kier molecular flexibility index (Phi) is 11.7. The summed E-state index contributed by atoms with van der Waals surface area (Å²) in [7, 11) is 1.67. The van der Waals surface area contributed by atoms with E-state index in [9.17, 15) is 0 Å². The zero-order valence-electron chi connectivity index (χ0n) is 8.67. The Labute approximate surface area is 80.5 Å². The third-order valence-electron chi connectivity index (χ3n) is 1.48. The van der Waals surface area contributed by atoms with Crippen LogP contribution in [-0.4, -0.2) is 53.2 Å². The lowest BCUT2D eigenvalue weighted by Gasteiger charge is -2.05. The number of methoxy groups -OCH3 is 1. The van der Waals surface area contributed by atoms with Crippen LogP contribution in [0.4, 0.5) is 0 Å². The lowest BCUT2D eigenvalue weighted by Crippen LogP contribution is -2.24. The van der Waals surface area contributed by atoms with Crippen molar-refractivity contribution in [2.24, 2.45) is 0 Å². The van der Waals surface area contributed by atoms with Gasteiger partial charge in [-0.05, 0) is 6.92 Å². The Bertz CT molecular complexity index is 80.9. The number of hydrogen-bond donors (Lipinski definition) is 1. The van der Waals surface area contributed by atoms with E-state index in [1.165, 1.54) is 0 Å². The Balaban J connectivity index is 2.76. The van der Waals surface area contributed by atoms with E-state index in [1.807, 2.05) is 6.92 Å². The van der Waals surface area contributed by atoms with Crippen LogP contribution in [0.15, 0.2) is 0 Å². The highest BCUT2D eigenvalue weighted by molar-refractivity contribution is 4.44. The van der Waals surface area contributed by atoms with E-state index in [2.05, 4.69) is 5.32 Å². The van der Waals surface area contributed by atoms with E-state index >= 15 is 0 Å². The molecule has 0 aromatic rings. The summed E-state index contributed by atoms with van der Waals surface area (Å²) in [4.78, 5) is 0. The van der Waals surface area contributed by atoms with Gasteiger partial charge in [-0.15, -0.1) is 0 Å². The average molecular weight is 191 g/mol. The molecule has 0 spiro atoms. The van der Waals surface area contributed by atoms with Crippen molar-refractivity contribution in [2.75, 3.05) is 53.2 Å². The molecule has 0 aliphatic carbocycles. The summed E-state index contributed by atoms with van der Waals surface area (Å²) in [6.45, 7) is 7.38. The van der Waals surface area contributed by atoms with Crippen molar-refractivity contribution >= 4 is 0 Å². The highest BCUT2D eigenvalue weighted by Gasteiger charge is 1.88. The van der Waals surface area contributed by atoms with Gasteiger partial charge in [0.2, 0.25) is 0 Å². The van der Waals surface area contributed by atoms with Crippen LogP contribution in [-0.2, 0) is 14.2 Å². The van der Waals surface area contributed by atoms with Crippen LogP contribution >= 0.6 is 0 Å². The highest BCUT2D eigenvalue weighted by Crippen LogP contribution is 1.75. The molecule has 4 nitrogen and oxygen atoms in total. The predicted octanol–water partition coefficient (Wildman–Crippen LogP) is 0.276. The number of nitrogens with one attached hydrogen (secondary N) is 1. The first-order chi connectivity index (χ1) is 6.41. The molecule has 0 saturated heterocycles. The summed E-state index contributed by atoms with van der Waals surface area (Å²) < 4.78 is 15.2. The third-order valence-corrected chi connectivity index (χ3v) is 1.48. The van der Waals surface area contributed by atoms with E-state index in [-0.39, 0.29) is 0 Å². The van der Waals surface area contributed by atoms with Gasteiger partial charge in [-0.25, -0.2) is 0 Å². The van der Waals surface area contributed by atoms with Crippen molar-refractivity contribution in [3.8, 4) is 0 Å². The summed E-state index contributed by atoms with van der Waals surface area (Å²) in [5, 5.41) is 3.21. The maximum absolute atomic E-state index is 5.25. The molecule has 0 aliphatic rings. The van der Waals surface area contributed by atoms with Gasteiger partial charge in [0.15, 0.2) is 0 Å². The molecule has 0 unspecified atom stereocenters. The van der Waals surface area contributed by atoms with Crippen molar-refractivity contribution in [3.05, 3.63) is 0 Å². The molecule has 4 heteroatoms. The van der Waals surface area contributed by atoms with Crippen LogP contribution in [0.5, 0.6) is 0 Å². The molecular formula is C9H21NO3. The van der Waals surface area contributed by atoms with Crippen LogP contribution in [0.2, 0.25) is 0 Å². The first-order valence-corrected chi connectivity index (χ1v) is 4.77. The summed E-state index contributed by atoms with van der Waals surface area (Å²) >= 11 is 0. The molecule has 0 aromatic carbocycles. The second-order valence-electron chi connectivity index (χ2n) is 2.55. The van der Waals surface area contributed by atoms with Gasteiger partial charge < -0.3 is 19.5 Å². The van der Waals surface area contributed by atoms with Crippen LogP contribution in [0.25, 0.3) is 0 Å². The van der Waals surface area contributed by atoms with Crippen molar-refractivity contribution in [2.45, 2.75) is 6.92 Å². The smallest absolute Gasteiger partial charge is 0.0700 e. The molecular weight excluding hydrogens is 170 g/mol. The molecule has 13 heavy (non-hydrogen) atoms. The quantitative estimate of drug-likeness (QED) is 0.503. The molecule has 0 saturated carbocycles. The van der Waals surface area contributed by atoms with Gasteiger partial charge >= 0.3 is 0 Å². The minimum atomic E-state index is 0.666. The first kappa shape index (κ1) is 12.8. The lowest BCUT2D eigenvalue weighted by atomic mass is 10.6. The molecule has 0 atom stereocenters. The zero-order valence-corrected chi connectivity index (χ0v) is 8.67. The number of hydrogen-bond acceptors (Lipinski definition) is 4. The fraction of sp³-hybridized carbons (Fsp3) is 1.00. The number of rotatable bonds is 10. The van der Waals surface area contributed by atoms with E-state index in [0.717, 1.165) is 32.9 Å². The molecule has 0 amide bonds. The van der Waals surface area contributed by atoms with Crippen LogP contribution in [0, 0.1) is 0 Å². The third kappa shape index (κ3) is 11.8. The van der Waals surface area contributed by atoms with Gasteiger partial charge in [-0.3, -0.25) is 0 Å². The highest BCUT2D eigenvalue weighted by atomic mass is 16.5. The average Bonchev–Trinajstić information content (AvgIpc) is 2.16. The molecule has 0 radical (unpaired) electrons. The van der Waals surface area contributed by atoms with Gasteiger partial charge in [0.05, 0.1) is 26.4 Å². The van der Waals surface area contributed by atoms with E-state index in [4.69, 9.17) is 14.2 Å². The largest absolute Gasteiger partial charge is 0.382 e. The molecule has 0 heterocycles. The van der Waals surface area contributed by atoms with E-state index in [0.29, 0.717) is 13.2 Å². The second-order valence-corrected chi connectivity index (χ2v) is 2.55. The van der Waals surface area contributed by atoms with E-state index < -0.39 is 0 Å². The van der Waals surface area contributed by atoms with Crippen molar-refractivity contribution in [1.29, 1.82) is 0 Å². The Morgan fingerprint density at radius 3 is 2.23 bits per heavy atom. The molecule has 1 N–H and O–H groups in total. The fourth-order valence-corrected chi connectivity index (χ4v) is 0.802. The fourth-order valence-electron chi connectivity index (χ4n) is 0.802. The molecule has 0 fully saturated rings. The molecule has 0 aromatic heterocycles. The Morgan fingerprint density at radius 2 is 1.62 bits per heavy atom. The van der Waals surface area contributed by atoms with Gasteiger partial charge in [0.25, 0.3) is 0 Å². The van der Waals surface area contributed by atoms with Crippen LogP contribution in [0.1, 0.15) is 6.92 Å². The summed E-state index contributed by atoms with van der Waals surface area (Å²) in [5.74, 6) is 0. The van der Waals surface area contributed by atoms with Gasteiger partial charge in [-0.1, -0.05) is 0 Å². The van der Waals surface area contributed by atoms with E-state index in [1.54, 1.807) is 7.11 Å². The topological polar surface area (TPSA) is 39.7 Å². The second kappa shape index (κ2) is 11.8. The minimum Gasteiger partial charge on any atom is -0.382 e. The minimum absolute atomic E-state index is 0.666. The molecule has 0 aliphatic heterocycles. The lowest BCUT2D eigenvalue weighted by molar-refractivity contribution is 0.0708. The Hall–Kier alpha value is -0.160. The summed E-state index contributed by atoms with van der Waals surface area (Å²) in [6, 6.07) is 0.